The molecule has 8 heteroatoms. The van der Waals surface area contributed by atoms with Crippen LogP contribution in [0.2, 0.25) is 0 Å². The van der Waals surface area contributed by atoms with Crippen LogP contribution >= 0.6 is 0 Å². The number of rotatable bonds is 5. The average Bonchev–Trinajstić information content (AvgIpc) is 3.02. The maximum Gasteiger partial charge on any atom is 0.338 e. The third kappa shape index (κ3) is 2.64. The van der Waals surface area contributed by atoms with Crippen molar-refractivity contribution < 1.29 is 27.4 Å². The molecule has 2 fully saturated rings. The lowest BCUT2D eigenvalue weighted by atomic mass is 9.94. The van der Waals surface area contributed by atoms with Crippen molar-refractivity contribution in [3.8, 4) is 0 Å². The predicted octanol–water partition coefficient (Wildman–Crippen LogP) is 1.90. The molecule has 2 N–H and O–H groups in total. The number of sulfonamides is 1. The van der Waals surface area contributed by atoms with Crippen molar-refractivity contribution in [1.29, 1.82) is 0 Å². The lowest BCUT2D eigenvalue weighted by molar-refractivity contribution is -0.000307. The smallest absolute Gasteiger partial charge is 0.338 e. The molecule has 2 aliphatic carbocycles. The topological polar surface area (TPSA) is 92.7 Å². The first-order valence-corrected chi connectivity index (χ1v) is 8.82. The summed E-state index contributed by atoms with van der Waals surface area (Å²) in [4.78, 5) is 10.3. The van der Waals surface area contributed by atoms with Crippen molar-refractivity contribution in [1.82, 2.24) is 4.72 Å². The molecule has 2 aliphatic rings. The van der Waals surface area contributed by atoms with Crippen molar-refractivity contribution in [2.75, 3.05) is 7.11 Å². The van der Waals surface area contributed by atoms with Gasteiger partial charge in [0, 0.05) is 12.6 Å². The van der Waals surface area contributed by atoms with Gasteiger partial charge in [0.15, 0.2) is 5.82 Å². The number of benzene rings is 1. The van der Waals surface area contributed by atoms with Crippen LogP contribution in [0.15, 0.2) is 23.1 Å². The molecule has 126 valence electrons. The zero-order chi connectivity index (χ0) is 16.9. The largest absolute Gasteiger partial charge is 0.478 e. The summed E-state index contributed by atoms with van der Waals surface area (Å²) in [6.07, 6.45) is 3.31. The van der Waals surface area contributed by atoms with Crippen LogP contribution in [0, 0.1) is 5.82 Å². The highest BCUT2D eigenvalue weighted by molar-refractivity contribution is 7.89. The predicted molar refractivity (Wildman–Crippen MR) is 79.2 cm³/mol. The van der Waals surface area contributed by atoms with E-state index in [1.807, 2.05) is 0 Å². The van der Waals surface area contributed by atoms with E-state index in [1.165, 1.54) is 6.07 Å². The zero-order valence-electron chi connectivity index (χ0n) is 12.6. The second-order valence-corrected chi connectivity index (χ2v) is 8.02. The number of halogens is 1. The van der Waals surface area contributed by atoms with E-state index in [2.05, 4.69) is 4.72 Å². The normalized spacial score (nSPS) is 29.8. The summed E-state index contributed by atoms with van der Waals surface area (Å²) in [5, 5.41) is 8.94. The zero-order valence-corrected chi connectivity index (χ0v) is 13.5. The van der Waals surface area contributed by atoms with E-state index >= 15 is 0 Å². The van der Waals surface area contributed by atoms with E-state index in [0.29, 0.717) is 19.3 Å². The van der Waals surface area contributed by atoms with Crippen LogP contribution in [0.25, 0.3) is 0 Å². The Balaban J connectivity index is 1.92. The van der Waals surface area contributed by atoms with Crippen molar-refractivity contribution in [3.05, 3.63) is 29.6 Å². The summed E-state index contributed by atoms with van der Waals surface area (Å²) in [5.41, 5.74) is -1.60. The first-order chi connectivity index (χ1) is 10.7. The third-order valence-electron chi connectivity index (χ3n) is 5.05. The first-order valence-electron chi connectivity index (χ1n) is 7.34. The first kappa shape index (κ1) is 16.4. The molecule has 0 radical (unpaired) electrons. The van der Waals surface area contributed by atoms with Gasteiger partial charge in [-0.05, 0) is 44.2 Å². The summed E-state index contributed by atoms with van der Waals surface area (Å²) in [6.45, 7) is 0. The minimum Gasteiger partial charge on any atom is -0.478 e. The number of aromatic carboxylic acids is 1. The maximum atomic E-state index is 14.2. The Morgan fingerprint density at radius 2 is 1.96 bits per heavy atom. The Morgan fingerprint density at radius 1 is 1.30 bits per heavy atom. The molecule has 1 aromatic rings. The Bertz CT molecular complexity index is 753. The maximum absolute atomic E-state index is 14.2. The second-order valence-electron chi connectivity index (χ2n) is 6.37. The fraction of sp³-hybridized carbons (Fsp3) is 0.533. The summed E-state index contributed by atoms with van der Waals surface area (Å²) in [6, 6.07) is 3.34. The van der Waals surface area contributed by atoms with Gasteiger partial charge in [-0.2, -0.15) is 0 Å². The number of fused-ring (bicyclic) bond motifs is 2. The monoisotopic (exact) mass is 343 g/mol. The van der Waals surface area contributed by atoms with Crippen LogP contribution in [0.4, 0.5) is 4.39 Å². The number of carboxylic acids is 1. The van der Waals surface area contributed by atoms with Crippen LogP contribution in [-0.4, -0.2) is 37.7 Å². The highest BCUT2D eigenvalue weighted by Crippen LogP contribution is 2.52. The lowest BCUT2D eigenvalue weighted by Crippen LogP contribution is -2.45. The number of hydrogen-bond acceptors (Lipinski definition) is 4. The molecule has 6 nitrogen and oxygen atoms in total. The highest BCUT2D eigenvalue weighted by Gasteiger charge is 2.56. The van der Waals surface area contributed by atoms with Gasteiger partial charge in [0.05, 0.1) is 11.2 Å². The van der Waals surface area contributed by atoms with Crippen LogP contribution in [0.5, 0.6) is 0 Å². The summed E-state index contributed by atoms with van der Waals surface area (Å²) >= 11 is 0. The Morgan fingerprint density at radius 3 is 2.48 bits per heavy atom. The SMILES string of the molecule is COC12CCC(NS(=O)(=O)c3cccc(C(=O)O)c3F)(CC1)C2. The lowest BCUT2D eigenvalue weighted by Gasteiger charge is -2.27. The number of carbonyl (C=O) groups is 1. The molecular weight excluding hydrogens is 325 g/mol. The van der Waals surface area contributed by atoms with E-state index in [1.54, 1.807) is 7.11 Å². The molecule has 0 saturated heterocycles. The number of nitrogens with one attached hydrogen (secondary N) is 1. The molecule has 0 amide bonds. The molecule has 0 aromatic heterocycles. The van der Waals surface area contributed by atoms with Crippen molar-refractivity contribution in [3.63, 3.8) is 0 Å². The van der Waals surface area contributed by atoms with Crippen LogP contribution in [-0.2, 0) is 14.8 Å². The number of hydrogen-bond donors (Lipinski definition) is 2. The molecule has 3 rings (SSSR count). The quantitative estimate of drug-likeness (QED) is 0.852. The molecule has 23 heavy (non-hydrogen) atoms. The second kappa shape index (κ2) is 5.25. The number of carboxylic acid groups (broad SMARTS) is 1. The molecule has 0 aliphatic heterocycles. The molecule has 2 bridgehead atoms. The van der Waals surface area contributed by atoms with Crippen LogP contribution < -0.4 is 4.72 Å². The van der Waals surface area contributed by atoms with Gasteiger partial charge in [-0.15, -0.1) is 0 Å². The molecule has 0 spiro atoms. The fourth-order valence-electron chi connectivity index (χ4n) is 3.79. The molecule has 0 heterocycles. The Labute approximate surface area is 133 Å². The summed E-state index contributed by atoms with van der Waals surface area (Å²) in [7, 11) is -2.54. The van der Waals surface area contributed by atoms with Gasteiger partial charge in [0.1, 0.15) is 4.90 Å². The minimum absolute atomic E-state index is 0.302. The van der Waals surface area contributed by atoms with Gasteiger partial charge < -0.3 is 9.84 Å². The van der Waals surface area contributed by atoms with Crippen molar-refractivity contribution in [2.24, 2.45) is 0 Å². The van der Waals surface area contributed by atoms with Crippen LogP contribution in [0.3, 0.4) is 0 Å². The molecular formula is C15H18FNO5S. The fourth-order valence-corrected chi connectivity index (χ4v) is 5.35. The van der Waals surface area contributed by atoms with Gasteiger partial charge in [0.2, 0.25) is 10.0 Å². The van der Waals surface area contributed by atoms with Gasteiger partial charge in [-0.3, -0.25) is 0 Å². The van der Waals surface area contributed by atoms with Gasteiger partial charge in [-0.25, -0.2) is 22.3 Å². The van der Waals surface area contributed by atoms with Gasteiger partial charge >= 0.3 is 5.97 Å². The van der Waals surface area contributed by atoms with Crippen molar-refractivity contribution in [2.45, 2.75) is 48.1 Å². The molecule has 1 aromatic carbocycles. The summed E-state index contributed by atoms with van der Waals surface area (Å²) < 4.78 is 47.5. The highest BCUT2D eigenvalue weighted by atomic mass is 32.2. The van der Waals surface area contributed by atoms with Gasteiger partial charge in [-0.1, -0.05) is 6.07 Å². The molecule has 2 saturated carbocycles. The van der Waals surface area contributed by atoms with E-state index in [9.17, 15) is 17.6 Å². The van der Waals surface area contributed by atoms with E-state index in [-0.39, 0.29) is 5.60 Å². The standard InChI is InChI=1S/C15H18FNO5S/c1-22-15-7-5-14(9-15,6-8-15)17-23(20,21)11-4-2-3-10(12(11)16)13(18)19/h2-4,17H,5-9H2,1H3,(H,18,19). The molecule has 0 atom stereocenters. The van der Waals surface area contributed by atoms with Crippen molar-refractivity contribution >= 4 is 16.0 Å². The Kier molecular flexibility index (Phi) is 3.74. The van der Waals surface area contributed by atoms with Gasteiger partial charge in [0.25, 0.3) is 0 Å². The number of methoxy groups -OCH3 is 1. The summed E-state index contributed by atoms with van der Waals surface area (Å²) in [5.74, 6) is -2.74. The third-order valence-corrected chi connectivity index (χ3v) is 6.64. The number of ether oxygens (including phenoxy) is 1. The van der Waals surface area contributed by atoms with E-state index < -0.39 is 37.8 Å². The average molecular weight is 343 g/mol. The Hall–Kier alpha value is -1.51. The van der Waals surface area contributed by atoms with E-state index in [4.69, 9.17) is 9.84 Å². The van der Waals surface area contributed by atoms with Crippen LogP contribution in [0.1, 0.15) is 42.5 Å². The minimum atomic E-state index is -4.15. The molecule has 0 unspecified atom stereocenters. The van der Waals surface area contributed by atoms with E-state index in [0.717, 1.165) is 25.0 Å².